The fourth-order valence-corrected chi connectivity index (χ4v) is 5.84. The number of aromatic nitrogens is 1. The molecule has 1 aromatic heterocycles. The Morgan fingerprint density at radius 3 is 2.08 bits per heavy atom. The highest BCUT2D eigenvalue weighted by Gasteiger charge is 2.49. The Morgan fingerprint density at radius 2 is 1.50 bits per heavy atom. The third kappa shape index (κ3) is 5.70. The summed E-state index contributed by atoms with van der Waals surface area (Å²) in [6.45, 7) is 1.49. The number of alkyl halides is 6. The largest absolute Gasteiger partial charge is 0.416 e. The van der Waals surface area contributed by atoms with Crippen molar-refractivity contribution in [3.05, 3.63) is 101 Å². The minimum Gasteiger partial charge on any atom is -0.368 e. The standard InChI is InChI=1S/C29H25F7N2O2/c1-16(19-10-21(28(31,32)33)14-22(11-19)29(34,35)36)40-25-15-38-24(27(25)18-2-4-23(30)5-3-18)12-20(13-26(38)39)17-6-8-37-9-7-17/h2-11,14,16,20,24-25,27H,12-13,15H2,1H3/t16-,20?,24?,25+,27+/m1/s1. The summed E-state index contributed by atoms with van der Waals surface area (Å²) in [5.41, 5.74) is -1.55. The number of benzene rings is 2. The Labute approximate surface area is 225 Å². The molecular weight excluding hydrogens is 541 g/mol. The van der Waals surface area contributed by atoms with Gasteiger partial charge in [0.25, 0.3) is 0 Å². The van der Waals surface area contributed by atoms with Crippen LogP contribution in [-0.2, 0) is 21.9 Å². The van der Waals surface area contributed by atoms with Gasteiger partial charge in [0.15, 0.2) is 0 Å². The number of ether oxygens (including phenoxy) is 1. The molecule has 2 unspecified atom stereocenters. The minimum absolute atomic E-state index is 0.0747. The number of carbonyl (C=O) groups is 1. The van der Waals surface area contributed by atoms with Gasteiger partial charge in [-0.15, -0.1) is 0 Å². The summed E-state index contributed by atoms with van der Waals surface area (Å²) in [5.74, 6) is -1.21. The van der Waals surface area contributed by atoms with Crippen molar-refractivity contribution < 1.29 is 40.3 Å². The van der Waals surface area contributed by atoms with Crippen LogP contribution in [0.25, 0.3) is 0 Å². The molecule has 3 aromatic rings. The molecule has 0 spiro atoms. The third-order valence-electron chi connectivity index (χ3n) is 7.75. The maximum Gasteiger partial charge on any atom is 0.416 e. The van der Waals surface area contributed by atoms with Crippen LogP contribution in [0.3, 0.4) is 0 Å². The number of piperidine rings is 1. The molecular formula is C29H25F7N2O2. The van der Waals surface area contributed by atoms with Crippen molar-refractivity contribution in [1.29, 1.82) is 0 Å². The first kappa shape index (κ1) is 28.1. The Balaban J connectivity index is 1.49. The minimum atomic E-state index is -4.99. The fraction of sp³-hybridized carbons (Fsp3) is 0.379. The van der Waals surface area contributed by atoms with Gasteiger partial charge < -0.3 is 9.64 Å². The van der Waals surface area contributed by atoms with Crippen molar-refractivity contribution in [3.63, 3.8) is 0 Å². The van der Waals surface area contributed by atoms with Gasteiger partial charge in [-0.2, -0.15) is 26.3 Å². The van der Waals surface area contributed by atoms with Gasteiger partial charge in [-0.25, -0.2) is 4.39 Å². The zero-order valence-electron chi connectivity index (χ0n) is 21.2. The van der Waals surface area contributed by atoms with E-state index in [1.54, 1.807) is 29.4 Å². The number of hydrogen-bond donors (Lipinski definition) is 0. The van der Waals surface area contributed by atoms with Crippen molar-refractivity contribution in [1.82, 2.24) is 9.88 Å². The molecule has 5 rings (SSSR count). The summed E-state index contributed by atoms with van der Waals surface area (Å²) in [6.07, 6.45) is -7.84. The molecule has 212 valence electrons. The van der Waals surface area contributed by atoms with Gasteiger partial charge in [0.2, 0.25) is 5.91 Å². The predicted octanol–water partition coefficient (Wildman–Crippen LogP) is 7.28. The average molecular weight is 567 g/mol. The molecule has 0 radical (unpaired) electrons. The normalized spacial score (nSPS) is 24.2. The number of carbonyl (C=O) groups excluding carboxylic acids is 1. The smallest absolute Gasteiger partial charge is 0.368 e. The summed E-state index contributed by atoms with van der Waals surface area (Å²) < 4.78 is 101. The Bertz CT molecular complexity index is 1330. The first-order chi connectivity index (χ1) is 18.8. The van der Waals surface area contributed by atoms with Crippen molar-refractivity contribution in [2.24, 2.45) is 0 Å². The summed E-state index contributed by atoms with van der Waals surface area (Å²) in [7, 11) is 0. The number of hydrogen-bond acceptors (Lipinski definition) is 3. The molecule has 40 heavy (non-hydrogen) atoms. The summed E-state index contributed by atoms with van der Waals surface area (Å²) >= 11 is 0. The highest BCUT2D eigenvalue weighted by Crippen LogP contribution is 2.46. The molecule has 0 saturated carbocycles. The SMILES string of the molecule is C[C@@H](O[C@H]1CN2C(=O)CC(c3ccncc3)CC2[C@@H]1c1ccc(F)cc1)c1cc(C(F)(F)F)cc(C(F)(F)F)c1. The molecule has 4 nitrogen and oxygen atoms in total. The number of amides is 1. The van der Waals surface area contributed by atoms with E-state index < -0.39 is 47.4 Å². The second kappa shape index (κ2) is 10.5. The van der Waals surface area contributed by atoms with Crippen LogP contribution in [0.2, 0.25) is 0 Å². The van der Waals surface area contributed by atoms with Gasteiger partial charge in [0.05, 0.1) is 23.3 Å². The van der Waals surface area contributed by atoms with E-state index in [1.165, 1.54) is 19.1 Å². The molecule has 1 amide bonds. The highest BCUT2D eigenvalue weighted by molar-refractivity contribution is 5.79. The van der Waals surface area contributed by atoms with E-state index in [4.69, 9.17) is 4.74 Å². The maximum atomic E-state index is 13.8. The predicted molar refractivity (Wildman–Crippen MR) is 131 cm³/mol. The van der Waals surface area contributed by atoms with Crippen LogP contribution in [0.5, 0.6) is 0 Å². The fourth-order valence-electron chi connectivity index (χ4n) is 5.84. The molecule has 11 heteroatoms. The molecule has 5 atom stereocenters. The van der Waals surface area contributed by atoms with E-state index in [-0.39, 0.29) is 42.5 Å². The maximum absolute atomic E-state index is 13.8. The molecule has 2 saturated heterocycles. The molecule has 2 aliphatic rings. The molecule has 0 aliphatic carbocycles. The van der Waals surface area contributed by atoms with Crippen LogP contribution in [0, 0.1) is 5.82 Å². The third-order valence-corrected chi connectivity index (χ3v) is 7.75. The lowest BCUT2D eigenvalue weighted by Gasteiger charge is -2.37. The molecule has 2 fully saturated rings. The zero-order chi connectivity index (χ0) is 28.8. The number of halogens is 7. The first-order valence-electron chi connectivity index (χ1n) is 12.7. The molecule has 2 aliphatic heterocycles. The monoisotopic (exact) mass is 566 g/mol. The van der Waals surface area contributed by atoms with Crippen LogP contribution < -0.4 is 0 Å². The van der Waals surface area contributed by atoms with Gasteiger partial charge in [-0.3, -0.25) is 9.78 Å². The summed E-state index contributed by atoms with van der Waals surface area (Å²) in [4.78, 5) is 18.9. The summed E-state index contributed by atoms with van der Waals surface area (Å²) in [5, 5.41) is 0. The number of nitrogens with zero attached hydrogens (tertiary/aromatic N) is 2. The topological polar surface area (TPSA) is 42.4 Å². The quantitative estimate of drug-likeness (QED) is 0.305. The lowest BCUT2D eigenvalue weighted by Crippen LogP contribution is -2.43. The van der Waals surface area contributed by atoms with Gasteiger partial charge in [-0.05, 0) is 78.4 Å². The number of rotatable bonds is 5. The van der Waals surface area contributed by atoms with Crippen molar-refractivity contribution in [3.8, 4) is 0 Å². The van der Waals surface area contributed by atoms with Crippen molar-refractivity contribution in [2.45, 2.75) is 62.2 Å². The number of pyridine rings is 1. The zero-order valence-corrected chi connectivity index (χ0v) is 21.2. The highest BCUT2D eigenvalue weighted by atomic mass is 19.4. The lowest BCUT2D eigenvalue weighted by molar-refractivity contribution is -0.143. The molecule has 3 heterocycles. The van der Waals surface area contributed by atoms with E-state index in [9.17, 15) is 35.5 Å². The first-order valence-corrected chi connectivity index (χ1v) is 12.7. The van der Waals surface area contributed by atoms with Crippen LogP contribution in [0.15, 0.2) is 67.0 Å². The molecule has 2 aromatic carbocycles. The van der Waals surface area contributed by atoms with Crippen LogP contribution >= 0.6 is 0 Å². The van der Waals surface area contributed by atoms with Crippen molar-refractivity contribution >= 4 is 5.91 Å². The Kier molecular flexibility index (Phi) is 7.37. The van der Waals surface area contributed by atoms with Crippen LogP contribution in [-0.4, -0.2) is 34.5 Å². The second-order valence-corrected chi connectivity index (χ2v) is 10.3. The van der Waals surface area contributed by atoms with Crippen LogP contribution in [0.1, 0.15) is 65.5 Å². The molecule has 0 bridgehead atoms. The Hall–Kier alpha value is -3.47. The van der Waals surface area contributed by atoms with Crippen LogP contribution in [0.4, 0.5) is 30.7 Å². The van der Waals surface area contributed by atoms with E-state index in [2.05, 4.69) is 4.98 Å². The van der Waals surface area contributed by atoms with Gasteiger partial charge in [-0.1, -0.05) is 12.1 Å². The van der Waals surface area contributed by atoms with Crippen molar-refractivity contribution in [2.75, 3.05) is 6.54 Å². The second-order valence-electron chi connectivity index (χ2n) is 10.3. The van der Waals surface area contributed by atoms with E-state index >= 15 is 0 Å². The Morgan fingerprint density at radius 1 is 0.900 bits per heavy atom. The summed E-state index contributed by atoms with van der Waals surface area (Å²) in [6, 6.07) is 10.3. The van der Waals surface area contributed by atoms with Gasteiger partial charge >= 0.3 is 12.4 Å². The number of fused-ring (bicyclic) bond motifs is 1. The lowest BCUT2D eigenvalue weighted by atomic mass is 9.79. The molecule has 0 N–H and O–H groups in total. The average Bonchev–Trinajstić information content (AvgIpc) is 3.26. The van der Waals surface area contributed by atoms with E-state index in [0.29, 0.717) is 24.1 Å². The van der Waals surface area contributed by atoms with Gasteiger partial charge in [0, 0.05) is 37.3 Å². The van der Waals surface area contributed by atoms with E-state index in [0.717, 1.165) is 5.56 Å². The van der Waals surface area contributed by atoms with Gasteiger partial charge in [0.1, 0.15) is 5.82 Å². The van der Waals surface area contributed by atoms with E-state index in [1.807, 2.05) is 12.1 Å².